The molecule has 2 aromatic carbocycles. The highest BCUT2D eigenvalue weighted by Crippen LogP contribution is 2.32. The van der Waals surface area contributed by atoms with Gasteiger partial charge >= 0.3 is 0 Å². The maximum Gasteiger partial charge on any atom is 0.247 e. The highest BCUT2D eigenvalue weighted by molar-refractivity contribution is 6.32. The van der Waals surface area contributed by atoms with Gasteiger partial charge in [-0.1, -0.05) is 23.7 Å². The summed E-state index contributed by atoms with van der Waals surface area (Å²) in [5, 5.41) is 6.53. The molecule has 4 rings (SSSR count). The van der Waals surface area contributed by atoms with Crippen molar-refractivity contribution in [2.75, 3.05) is 38.6 Å². The van der Waals surface area contributed by atoms with E-state index in [1.54, 1.807) is 30.3 Å². The van der Waals surface area contributed by atoms with Gasteiger partial charge in [0, 0.05) is 57.0 Å². The Labute approximate surface area is 203 Å². The average molecular weight is 487 g/mol. The number of amides is 2. The number of nitrogens with one attached hydrogen (secondary N) is 2. The molecule has 2 N–H and O–H groups in total. The van der Waals surface area contributed by atoms with Crippen molar-refractivity contribution in [1.29, 1.82) is 0 Å². The number of halogens is 2. The van der Waals surface area contributed by atoms with Crippen molar-refractivity contribution in [3.05, 3.63) is 64.4 Å². The number of benzene rings is 2. The van der Waals surface area contributed by atoms with E-state index in [-0.39, 0.29) is 29.7 Å². The second-order valence-corrected chi connectivity index (χ2v) is 9.03. The smallest absolute Gasteiger partial charge is 0.247 e. The van der Waals surface area contributed by atoms with Gasteiger partial charge in [-0.3, -0.25) is 14.5 Å². The van der Waals surface area contributed by atoms with Crippen molar-refractivity contribution >= 4 is 35.2 Å². The van der Waals surface area contributed by atoms with Crippen LogP contribution in [0.1, 0.15) is 18.1 Å². The van der Waals surface area contributed by atoms with Crippen LogP contribution in [0.5, 0.6) is 5.75 Å². The summed E-state index contributed by atoms with van der Waals surface area (Å²) in [7, 11) is 1.51. The predicted molar refractivity (Wildman–Crippen MR) is 130 cm³/mol. The van der Waals surface area contributed by atoms with Gasteiger partial charge in [0.05, 0.1) is 24.2 Å². The molecular formula is C25H28ClFN4O3. The van der Waals surface area contributed by atoms with Gasteiger partial charge in [0.2, 0.25) is 11.8 Å². The molecule has 9 heteroatoms. The van der Waals surface area contributed by atoms with Crippen molar-refractivity contribution in [3.63, 3.8) is 0 Å². The van der Waals surface area contributed by atoms with Gasteiger partial charge in [-0.25, -0.2) is 4.39 Å². The third kappa shape index (κ3) is 5.58. The molecule has 2 unspecified atom stereocenters. The van der Waals surface area contributed by atoms with E-state index in [0.29, 0.717) is 35.1 Å². The summed E-state index contributed by atoms with van der Waals surface area (Å²) in [4.78, 5) is 29.1. The van der Waals surface area contributed by atoms with Crippen molar-refractivity contribution < 1.29 is 18.7 Å². The fraction of sp³-hybridized carbons (Fsp3) is 0.360. The van der Waals surface area contributed by atoms with E-state index in [9.17, 15) is 14.0 Å². The van der Waals surface area contributed by atoms with Gasteiger partial charge in [-0.2, -0.15) is 0 Å². The van der Waals surface area contributed by atoms with Crippen molar-refractivity contribution in [2.45, 2.75) is 25.6 Å². The Morgan fingerprint density at radius 3 is 2.50 bits per heavy atom. The number of carbonyl (C=O) groups is 2. The Kier molecular flexibility index (Phi) is 7.50. The molecule has 2 bridgehead atoms. The quantitative estimate of drug-likeness (QED) is 0.614. The Morgan fingerprint density at radius 2 is 1.88 bits per heavy atom. The van der Waals surface area contributed by atoms with Gasteiger partial charge in [-0.15, -0.1) is 0 Å². The monoisotopic (exact) mass is 486 g/mol. The molecule has 0 spiro atoms. The summed E-state index contributed by atoms with van der Waals surface area (Å²) in [6.45, 7) is 5.01. The van der Waals surface area contributed by atoms with Crippen LogP contribution in [-0.4, -0.2) is 67.0 Å². The minimum absolute atomic E-state index is 0.0275. The van der Waals surface area contributed by atoms with E-state index in [1.165, 1.54) is 32.2 Å². The summed E-state index contributed by atoms with van der Waals surface area (Å²) in [6, 6.07) is 9.92. The molecule has 2 aromatic rings. The number of carbonyl (C=O) groups excluding carboxylic acids is 2. The lowest BCUT2D eigenvalue weighted by Crippen LogP contribution is -2.68. The van der Waals surface area contributed by atoms with Gasteiger partial charge < -0.3 is 20.3 Å². The van der Waals surface area contributed by atoms with Gasteiger partial charge in [0.25, 0.3) is 0 Å². The summed E-state index contributed by atoms with van der Waals surface area (Å²) in [5.41, 5.74) is 2.19. The van der Waals surface area contributed by atoms with Gasteiger partial charge in [0.1, 0.15) is 11.6 Å². The van der Waals surface area contributed by atoms with Crippen LogP contribution in [0.4, 0.5) is 10.1 Å². The van der Waals surface area contributed by atoms with Crippen LogP contribution in [0.15, 0.2) is 42.5 Å². The van der Waals surface area contributed by atoms with Crippen LogP contribution in [-0.2, 0) is 16.1 Å². The number of nitrogens with zero attached hydrogens (tertiary/aromatic N) is 2. The molecule has 180 valence electrons. The lowest BCUT2D eigenvalue weighted by Gasteiger charge is -2.50. The molecule has 2 amide bonds. The molecule has 34 heavy (non-hydrogen) atoms. The van der Waals surface area contributed by atoms with Crippen LogP contribution in [0, 0.1) is 5.82 Å². The minimum Gasteiger partial charge on any atom is -0.495 e. The first kappa shape index (κ1) is 24.2. The molecule has 0 saturated carbocycles. The number of methoxy groups -OCH3 is 1. The van der Waals surface area contributed by atoms with Crippen molar-refractivity contribution in [2.24, 2.45) is 0 Å². The molecule has 2 saturated heterocycles. The average Bonchev–Trinajstić information content (AvgIpc) is 2.79. The zero-order valence-electron chi connectivity index (χ0n) is 19.2. The molecule has 2 fully saturated rings. The number of piperazine rings is 2. The number of hydrogen-bond acceptors (Lipinski definition) is 5. The summed E-state index contributed by atoms with van der Waals surface area (Å²) in [5.74, 6) is -0.106. The first-order chi connectivity index (χ1) is 16.3. The van der Waals surface area contributed by atoms with Crippen LogP contribution in [0.25, 0.3) is 6.08 Å². The number of rotatable bonds is 6. The molecule has 0 aromatic heterocycles. The van der Waals surface area contributed by atoms with Crippen LogP contribution < -0.4 is 15.4 Å². The zero-order valence-corrected chi connectivity index (χ0v) is 19.9. The lowest BCUT2D eigenvalue weighted by molar-refractivity contribution is -0.136. The van der Waals surface area contributed by atoms with E-state index in [2.05, 4.69) is 15.5 Å². The van der Waals surface area contributed by atoms with Crippen molar-refractivity contribution in [1.82, 2.24) is 15.1 Å². The molecule has 2 aliphatic heterocycles. The van der Waals surface area contributed by atoms with E-state index < -0.39 is 0 Å². The second kappa shape index (κ2) is 10.5. The topological polar surface area (TPSA) is 73.9 Å². The highest BCUT2D eigenvalue weighted by Gasteiger charge is 2.39. The van der Waals surface area contributed by atoms with Crippen LogP contribution in [0.3, 0.4) is 0 Å². The van der Waals surface area contributed by atoms with Crippen LogP contribution in [0.2, 0.25) is 5.02 Å². The fourth-order valence-electron chi connectivity index (χ4n) is 4.63. The van der Waals surface area contributed by atoms with Crippen molar-refractivity contribution in [3.8, 4) is 5.75 Å². The predicted octanol–water partition coefficient (Wildman–Crippen LogP) is 3.14. The summed E-state index contributed by atoms with van der Waals surface area (Å²) < 4.78 is 18.5. The summed E-state index contributed by atoms with van der Waals surface area (Å²) in [6.07, 6.45) is 3.22. The first-order valence-corrected chi connectivity index (χ1v) is 11.5. The zero-order chi connectivity index (χ0) is 24.2. The number of ether oxygens (including phenoxy) is 1. The van der Waals surface area contributed by atoms with E-state index in [0.717, 1.165) is 25.2 Å². The lowest BCUT2D eigenvalue weighted by atomic mass is 10.0. The Hall–Kier alpha value is -2.94. The number of anilines is 1. The maximum absolute atomic E-state index is 13.2. The fourth-order valence-corrected chi connectivity index (χ4v) is 4.87. The third-order valence-electron chi connectivity index (χ3n) is 6.10. The molecule has 2 heterocycles. The highest BCUT2D eigenvalue weighted by atomic mass is 35.5. The Morgan fingerprint density at radius 1 is 1.21 bits per heavy atom. The Balaban J connectivity index is 1.49. The van der Waals surface area contributed by atoms with Gasteiger partial charge in [0.15, 0.2) is 0 Å². The molecule has 7 nitrogen and oxygen atoms in total. The SMILES string of the molecule is COc1cc(/C=C/C(=O)N2C3CNCC2CN(Cc2ccc(F)cc2)C3)c(NC(C)=O)cc1Cl. The number of fused-ring (bicyclic) bond motifs is 2. The first-order valence-electron chi connectivity index (χ1n) is 11.2. The van der Waals surface area contributed by atoms with E-state index in [1.807, 2.05) is 4.90 Å². The third-order valence-corrected chi connectivity index (χ3v) is 6.39. The van der Waals surface area contributed by atoms with Crippen LogP contribution >= 0.6 is 11.6 Å². The summed E-state index contributed by atoms with van der Waals surface area (Å²) >= 11 is 6.21. The normalized spacial score (nSPS) is 20.4. The largest absolute Gasteiger partial charge is 0.495 e. The second-order valence-electron chi connectivity index (χ2n) is 8.62. The standard InChI is InChI=1S/C25H28ClFN4O3/c1-16(32)29-23-10-22(26)24(34-2)9-18(23)5-8-25(33)31-20-11-28-12-21(31)15-30(14-20)13-17-3-6-19(27)7-4-17/h3-10,20-21,28H,11-15H2,1-2H3,(H,29,32)/b8-5+. The maximum atomic E-state index is 13.2. The molecule has 0 radical (unpaired) electrons. The molecular weight excluding hydrogens is 459 g/mol. The van der Waals surface area contributed by atoms with E-state index in [4.69, 9.17) is 16.3 Å². The minimum atomic E-state index is -0.244. The molecule has 2 aliphatic rings. The Bertz CT molecular complexity index is 1080. The van der Waals surface area contributed by atoms with E-state index >= 15 is 0 Å². The molecule has 0 aliphatic carbocycles. The molecule has 2 atom stereocenters. The number of hydrogen-bond donors (Lipinski definition) is 2. The van der Waals surface area contributed by atoms with Gasteiger partial charge in [-0.05, 0) is 35.9 Å².